The standard InChI is InChI=1S/C50H34Si/c1-2-16-37(17-3-1)51-38-29-30-46-48(32-38)49(35-27-25-34(26-28-35)40-24-12-15-33-13-4-6-18-39(33)40)44-22-10-11-23-45(44)50(46)47-31-36-14-5-7-19-41(36)42-20-8-9-21-43(42)47/h1-32H,51H2. The molecule has 0 N–H and O–H groups in total. The molecule has 0 unspecified atom stereocenters. The van der Waals surface area contributed by atoms with E-state index < -0.39 is 9.52 Å². The molecular formula is C50H34Si. The van der Waals surface area contributed by atoms with E-state index in [1.54, 1.807) is 0 Å². The van der Waals surface area contributed by atoms with Gasteiger partial charge in [-0.25, -0.2) is 0 Å². The van der Waals surface area contributed by atoms with Gasteiger partial charge in [-0.1, -0.05) is 198 Å². The molecule has 0 radical (unpaired) electrons. The van der Waals surface area contributed by atoms with Gasteiger partial charge in [0.25, 0.3) is 0 Å². The molecule has 0 fully saturated rings. The van der Waals surface area contributed by atoms with Crippen LogP contribution in [0.15, 0.2) is 194 Å². The average Bonchev–Trinajstić information content (AvgIpc) is 3.20. The number of hydrogen-bond donors (Lipinski definition) is 0. The largest absolute Gasteiger partial charge is 0.0875 e. The molecule has 0 spiro atoms. The number of rotatable bonds is 5. The highest BCUT2D eigenvalue weighted by molar-refractivity contribution is 6.67. The fraction of sp³-hybridized carbons (Fsp3) is 0. The maximum absolute atomic E-state index is 2.52. The van der Waals surface area contributed by atoms with Crippen LogP contribution in [-0.4, -0.2) is 9.52 Å². The number of hydrogen-bond acceptors (Lipinski definition) is 0. The molecule has 0 saturated heterocycles. The summed E-state index contributed by atoms with van der Waals surface area (Å²) in [5.74, 6) is 0. The Balaban J connectivity index is 1.26. The van der Waals surface area contributed by atoms with Crippen LogP contribution < -0.4 is 10.4 Å². The molecule has 0 amide bonds. The molecule has 0 aromatic heterocycles. The maximum atomic E-state index is 2.52. The van der Waals surface area contributed by atoms with Crippen molar-refractivity contribution < 1.29 is 0 Å². The lowest BCUT2D eigenvalue weighted by atomic mass is 9.83. The Labute approximate surface area is 300 Å². The van der Waals surface area contributed by atoms with Crippen LogP contribution in [0.25, 0.3) is 87.2 Å². The Hall–Kier alpha value is -6.28. The number of benzene rings is 10. The Morgan fingerprint density at radius 3 is 1.61 bits per heavy atom. The van der Waals surface area contributed by atoms with Gasteiger partial charge in [-0.3, -0.25) is 0 Å². The molecule has 238 valence electrons. The second-order valence-electron chi connectivity index (χ2n) is 13.6. The third kappa shape index (κ3) is 5.05. The first-order valence-corrected chi connectivity index (χ1v) is 19.2. The minimum Gasteiger partial charge on any atom is -0.0633 e. The Morgan fingerprint density at radius 1 is 0.255 bits per heavy atom. The topological polar surface area (TPSA) is 0 Å². The zero-order valence-corrected chi connectivity index (χ0v) is 29.6. The molecule has 51 heavy (non-hydrogen) atoms. The highest BCUT2D eigenvalue weighted by Gasteiger charge is 2.20. The third-order valence-corrected chi connectivity index (χ3v) is 12.4. The quantitative estimate of drug-likeness (QED) is 0.0977. The SMILES string of the molecule is c1ccc([SiH2]c2ccc3c(-c4cc5ccccc5c5ccccc45)c4ccccc4c(-c4ccc(-c5cccc6ccccc56)cc4)c3c2)cc1. The zero-order chi connectivity index (χ0) is 33.7. The van der Waals surface area contributed by atoms with E-state index in [0.717, 1.165) is 0 Å². The first-order valence-electron chi connectivity index (χ1n) is 17.8. The van der Waals surface area contributed by atoms with Gasteiger partial charge in [-0.05, 0) is 93.3 Å². The molecular weight excluding hydrogens is 629 g/mol. The summed E-state index contributed by atoms with van der Waals surface area (Å²) in [7, 11) is -0.668. The summed E-state index contributed by atoms with van der Waals surface area (Å²) < 4.78 is 0. The minimum absolute atomic E-state index is 0.668. The molecule has 0 aliphatic carbocycles. The van der Waals surface area contributed by atoms with Crippen LogP contribution in [0.4, 0.5) is 0 Å². The highest BCUT2D eigenvalue weighted by Crippen LogP contribution is 2.46. The van der Waals surface area contributed by atoms with E-state index in [1.165, 1.54) is 97.6 Å². The van der Waals surface area contributed by atoms with Gasteiger partial charge in [-0.15, -0.1) is 0 Å². The van der Waals surface area contributed by atoms with E-state index in [2.05, 4.69) is 194 Å². The first kappa shape index (κ1) is 29.6. The van der Waals surface area contributed by atoms with E-state index in [9.17, 15) is 0 Å². The fourth-order valence-corrected chi connectivity index (χ4v) is 9.84. The van der Waals surface area contributed by atoms with Gasteiger partial charge in [0.15, 0.2) is 0 Å². The van der Waals surface area contributed by atoms with Gasteiger partial charge in [0.2, 0.25) is 0 Å². The Morgan fingerprint density at radius 2 is 0.824 bits per heavy atom. The van der Waals surface area contributed by atoms with Gasteiger partial charge in [0.1, 0.15) is 0 Å². The van der Waals surface area contributed by atoms with E-state index in [-0.39, 0.29) is 0 Å². The van der Waals surface area contributed by atoms with Gasteiger partial charge in [-0.2, -0.15) is 0 Å². The molecule has 0 atom stereocenters. The van der Waals surface area contributed by atoms with Crippen LogP contribution in [0, 0.1) is 0 Å². The lowest BCUT2D eigenvalue weighted by molar-refractivity contribution is 1.64. The smallest absolute Gasteiger partial charge is 0.0633 e. The molecule has 0 aliphatic heterocycles. The molecule has 0 nitrogen and oxygen atoms in total. The lowest BCUT2D eigenvalue weighted by Crippen LogP contribution is -2.26. The average molecular weight is 663 g/mol. The van der Waals surface area contributed by atoms with Crippen LogP contribution in [-0.2, 0) is 0 Å². The van der Waals surface area contributed by atoms with Crippen molar-refractivity contribution in [1.29, 1.82) is 0 Å². The zero-order valence-electron chi connectivity index (χ0n) is 28.2. The van der Waals surface area contributed by atoms with Crippen molar-refractivity contribution in [1.82, 2.24) is 0 Å². The maximum Gasteiger partial charge on any atom is 0.0875 e. The van der Waals surface area contributed by atoms with E-state index in [0.29, 0.717) is 0 Å². The van der Waals surface area contributed by atoms with Gasteiger partial charge < -0.3 is 0 Å². The van der Waals surface area contributed by atoms with Gasteiger partial charge in [0, 0.05) is 0 Å². The number of fused-ring (bicyclic) bond motifs is 6. The summed E-state index contributed by atoms with van der Waals surface area (Å²) in [5, 5.41) is 15.8. The summed E-state index contributed by atoms with van der Waals surface area (Å²) in [6.07, 6.45) is 0. The summed E-state index contributed by atoms with van der Waals surface area (Å²) in [6.45, 7) is 0. The molecule has 10 aromatic rings. The summed E-state index contributed by atoms with van der Waals surface area (Å²) in [5.41, 5.74) is 7.66. The Bertz CT molecular complexity index is 2920. The highest BCUT2D eigenvalue weighted by atomic mass is 28.2. The van der Waals surface area contributed by atoms with Crippen molar-refractivity contribution in [3.05, 3.63) is 194 Å². The molecule has 0 saturated carbocycles. The second-order valence-corrected chi connectivity index (χ2v) is 15.6. The third-order valence-electron chi connectivity index (χ3n) is 10.7. The van der Waals surface area contributed by atoms with Gasteiger partial charge >= 0.3 is 0 Å². The lowest BCUT2D eigenvalue weighted by Gasteiger charge is -2.20. The molecule has 0 aliphatic rings. The normalized spacial score (nSPS) is 11.8. The van der Waals surface area contributed by atoms with Crippen molar-refractivity contribution in [3.8, 4) is 33.4 Å². The van der Waals surface area contributed by atoms with Crippen LogP contribution >= 0.6 is 0 Å². The van der Waals surface area contributed by atoms with E-state index in [4.69, 9.17) is 0 Å². The Kier molecular flexibility index (Phi) is 7.11. The predicted molar refractivity (Wildman–Crippen MR) is 225 cm³/mol. The molecule has 1 heteroatoms. The van der Waals surface area contributed by atoms with Gasteiger partial charge in [0.05, 0.1) is 9.52 Å². The van der Waals surface area contributed by atoms with E-state index in [1.807, 2.05) is 0 Å². The summed E-state index contributed by atoms with van der Waals surface area (Å²) in [4.78, 5) is 0. The van der Waals surface area contributed by atoms with Crippen LogP contribution in [0.2, 0.25) is 0 Å². The molecule has 0 heterocycles. The van der Waals surface area contributed by atoms with Crippen LogP contribution in [0.3, 0.4) is 0 Å². The van der Waals surface area contributed by atoms with Crippen molar-refractivity contribution in [3.63, 3.8) is 0 Å². The monoisotopic (exact) mass is 662 g/mol. The second kappa shape index (κ2) is 12.2. The fourth-order valence-electron chi connectivity index (χ4n) is 8.32. The van der Waals surface area contributed by atoms with E-state index >= 15 is 0 Å². The first-order chi connectivity index (χ1) is 25.3. The summed E-state index contributed by atoms with van der Waals surface area (Å²) in [6, 6.07) is 72.2. The van der Waals surface area contributed by atoms with Crippen LogP contribution in [0.5, 0.6) is 0 Å². The molecule has 10 aromatic carbocycles. The van der Waals surface area contributed by atoms with Crippen molar-refractivity contribution in [2.75, 3.05) is 0 Å². The minimum atomic E-state index is -0.668. The van der Waals surface area contributed by atoms with Crippen molar-refractivity contribution in [2.24, 2.45) is 0 Å². The summed E-state index contributed by atoms with van der Waals surface area (Å²) >= 11 is 0. The predicted octanol–water partition coefficient (Wildman–Crippen LogP) is 11.6. The van der Waals surface area contributed by atoms with Crippen molar-refractivity contribution >= 4 is 73.8 Å². The van der Waals surface area contributed by atoms with Crippen LogP contribution in [0.1, 0.15) is 0 Å². The van der Waals surface area contributed by atoms with Crippen molar-refractivity contribution in [2.45, 2.75) is 0 Å². The molecule has 0 bridgehead atoms. The molecule has 10 rings (SSSR count).